The van der Waals surface area contributed by atoms with Gasteiger partial charge in [0.05, 0.1) is 58.8 Å². The van der Waals surface area contributed by atoms with Crippen molar-refractivity contribution in [3.8, 4) is 56.3 Å². The van der Waals surface area contributed by atoms with Gasteiger partial charge in [0.2, 0.25) is 0 Å². The van der Waals surface area contributed by atoms with Gasteiger partial charge in [0.1, 0.15) is 48.3 Å². The van der Waals surface area contributed by atoms with E-state index in [1.54, 1.807) is 0 Å². The largest absolute Gasteiger partial charge is 0.491 e. The van der Waals surface area contributed by atoms with Gasteiger partial charge in [-0.15, -0.1) is 0 Å². The molecule has 6 aliphatic rings. The summed E-state index contributed by atoms with van der Waals surface area (Å²) in [7, 11) is 0. The number of hydrogen-bond acceptors (Lipinski definition) is 15. The van der Waals surface area contributed by atoms with Gasteiger partial charge in [-0.1, -0.05) is 36.5 Å². The van der Waals surface area contributed by atoms with Gasteiger partial charge in [-0.05, 0) is 191 Å². The third-order valence-corrected chi connectivity index (χ3v) is 21.1. The number of hydrogen-bond donors (Lipinski definition) is 1. The average Bonchev–Trinajstić information content (AvgIpc) is 1.66. The van der Waals surface area contributed by atoms with Crippen LogP contribution >= 0.6 is 23.2 Å². The zero-order valence-electron chi connectivity index (χ0n) is 57.3. The van der Waals surface area contributed by atoms with Crippen molar-refractivity contribution in [3.63, 3.8) is 0 Å². The van der Waals surface area contributed by atoms with Crippen LogP contribution in [0, 0.1) is 38.5 Å². The summed E-state index contributed by atoms with van der Waals surface area (Å²) in [6.45, 7) is 22.9. The second-order valence-corrected chi connectivity index (χ2v) is 29.3. The summed E-state index contributed by atoms with van der Waals surface area (Å²) in [6, 6.07) is 20.3. The number of rotatable bonds is 18. The average molecular weight is 1370 g/mol. The monoisotopic (exact) mass is 1360 g/mol. The lowest BCUT2D eigenvalue weighted by atomic mass is 9.60. The molecule has 2 atom stereocenters. The molecular weight excluding hydrogens is 1280 g/mol. The molecular formula is C74H90Cl2N10O11. The molecule has 21 nitrogen and oxygen atoms in total. The van der Waals surface area contributed by atoms with Gasteiger partial charge in [0, 0.05) is 113 Å². The standard InChI is InChI=1S/C38H46ClN5O6.C36H44ClN5O5/c1-5-6-14-50-37(46)42-22-38(23-42)19-28(20-38)43-25(3)33(36(41-43)27-10-12-29(13-11-27)48-17-16-47-26(4)45)34-30-21-40-44(32-9-7-8-15-49-32)31(30)18-24(2)35(34)39;1-22-16-28-27(19-38-42(28)29-8-6-7-14-46-29)31(32(22)37)30-23(2)41(39-33(30)24-9-11-26(12-10-24)45-15-13-43)25-17-36(18-25)20-40(21-36)34(44)47-35(3,4)5/h10-13,18,21,28,32H,5-9,14-17,19-20,22-23H2,1-4H3;9-12,16,19,25,29,43H,6-8,13-15,17-18,20-21H2,1-5H3. The second kappa shape index (κ2) is 27.9. The van der Waals surface area contributed by atoms with Crippen LogP contribution in [0.3, 0.4) is 0 Å². The van der Waals surface area contributed by atoms with E-state index in [0.717, 1.165) is 192 Å². The Bertz CT molecular complexity index is 4190. The SMILES string of the molecule is CCCCOC(=O)N1CC2(CC(n3nc(-c4ccc(OCCOC(C)=O)cc4)c(-c4c(Cl)c(C)cc5c4cnn5C4CCCCO4)c3C)C2)C1.Cc1cc2c(cnn2C2CCCCO2)c(-c2c(-c3ccc(OCCO)cc3)nn(C3CC4(C3)CN(C(=O)OC(C)(C)C)C4)c2C)c1Cl. The molecule has 8 aromatic rings. The van der Waals surface area contributed by atoms with Crippen molar-refractivity contribution in [3.05, 3.63) is 106 Å². The van der Waals surface area contributed by atoms with Crippen LogP contribution < -0.4 is 9.47 Å². The molecule has 2 amide bonds. The minimum absolute atomic E-state index is 0.0463. The summed E-state index contributed by atoms with van der Waals surface area (Å²) >= 11 is 14.5. The Morgan fingerprint density at radius 1 is 0.598 bits per heavy atom. The van der Waals surface area contributed by atoms with E-state index in [-0.39, 0.29) is 80.0 Å². The molecule has 2 spiro atoms. The number of likely N-dealkylation sites (tertiary alicyclic amines) is 2. The van der Waals surface area contributed by atoms with Crippen molar-refractivity contribution in [2.24, 2.45) is 10.8 Å². The molecule has 2 aliphatic carbocycles. The van der Waals surface area contributed by atoms with Crippen molar-refractivity contribution in [2.75, 3.05) is 72.4 Å². The van der Waals surface area contributed by atoms with Gasteiger partial charge in [0.25, 0.3) is 0 Å². The van der Waals surface area contributed by atoms with Crippen molar-refractivity contribution < 1.29 is 52.6 Å². The molecule has 23 heteroatoms. The van der Waals surface area contributed by atoms with E-state index in [0.29, 0.717) is 41.2 Å². The molecule has 14 rings (SSSR count). The van der Waals surface area contributed by atoms with Crippen LogP contribution in [0.4, 0.5) is 9.59 Å². The van der Waals surface area contributed by atoms with E-state index in [1.807, 2.05) is 115 Å². The number of carbonyl (C=O) groups is 3. The smallest absolute Gasteiger partial charge is 0.410 e. The highest BCUT2D eigenvalue weighted by atomic mass is 35.5. The number of unbranched alkanes of at least 4 members (excludes halogenated alkanes) is 1. The maximum absolute atomic E-state index is 12.6. The maximum atomic E-state index is 12.6. The van der Waals surface area contributed by atoms with Crippen molar-refractivity contribution >= 4 is 63.2 Å². The van der Waals surface area contributed by atoms with E-state index < -0.39 is 5.60 Å². The number of amides is 2. The Morgan fingerprint density at radius 2 is 1.05 bits per heavy atom. The third-order valence-electron chi connectivity index (χ3n) is 20.1. The Morgan fingerprint density at radius 3 is 1.46 bits per heavy atom. The predicted molar refractivity (Wildman–Crippen MR) is 371 cm³/mol. The highest BCUT2D eigenvalue weighted by Crippen LogP contribution is 2.58. The lowest BCUT2D eigenvalue weighted by molar-refractivity contribution is -0.141. The van der Waals surface area contributed by atoms with Crippen LogP contribution in [0.15, 0.2) is 73.1 Å². The van der Waals surface area contributed by atoms with Crippen molar-refractivity contribution in [1.29, 1.82) is 0 Å². The van der Waals surface area contributed by atoms with Crippen LogP contribution in [0.25, 0.3) is 66.6 Å². The third kappa shape index (κ3) is 13.7. The zero-order chi connectivity index (χ0) is 68.1. The number of benzene rings is 4. The fraction of sp³-hybridized carbons (Fsp3) is 0.527. The van der Waals surface area contributed by atoms with Gasteiger partial charge in [-0.3, -0.25) is 14.2 Å². The minimum Gasteiger partial charge on any atom is -0.491 e. The molecule has 97 heavy (non-hydrogen) atoms. The molecule has 2 saturated carbocycles. The van der Waals surface area contributed by atoms with Gasteiger partial charge < -0.3 is 48.1 Å². The van der Waals surface area contributed by atoms with E-state index in [4.69, 9.17) is 76.8 Å². The van der Waals surface area contributed by atoms with Crippen LogP contribution in [0.2, 0.25) is 10.0 Å². The molecule has 6 fully saturated rings. The van der Waals surface area contributed by atoms with Crippen LogP contribution in [-0.2, 0) is 28.5 Å². The number of halogens is 2. The van der Waals surface area contributed by atoms with E-state index in [2.05, 4.69) is 42.3 Å². The number of carbonyl (C=O) groups excluding carboxylic acids is 3. The number of esters is 1. The predicted octanol–water partition coefficient (Wildman–Crippen LogP) is 15.5. The fourth-order valence-electron chi connectivity index (χ4n) is 15.3. The normalized spacial score (nSPS) is 19.6. The highest BCUT2D eigenvalue weighted by molar-refractivity contribution is 6.37. The fourth-order valence-corrected chi connectivity index (χ4v) is 15.8. The summed E-state index contributed by atoms with van der Waals surface area (Å²) in [5.74, 6) is 1.03. The number of aryl methyl sites for hydroxylation is 2. The van der Waals surface area contributed by atoms with Gasteiger partial charge >= 0.3 is 18.2 Å². The maximum Gasteiger partial charge on any atom is 0.410 e. The van der Waals surface area contributed by atoms with Gasteiger partial charge in [0.15, 0.2) is 12.5 Å². The number of nitrogens with zero attached hydrogens (tertiary/aromatic N) is 10. The number of fused-ring (bicyclic) bond motifs is 2. The summed E-state index contributed by atoms with van der Waals surface area (Å²) in [6.07, 6.45) is 15.0. The molecule has 2 unspecified atom stereocenters. The molecule has 1 N–H and O–H groups in total. The van der Waals surface area contributed by atoms with E-state index in [1.165, 1.54) is 6.92 Å². The van der Waals surface area contributed by atoms with Crippen LogP contribution in [-0.4, -0.2) is 150 Å². The first-order valence-corrected chi connectivity index (χ1v) is 35.3. The minimum atomic E-state index is -0.507. The first-order chi connectivity index (χ1) is 46.6. The Hall–Kier alpha value is -7.69. The quantitative estimate of drug-likeness (QED) is 0.0480. The van der Waals surface area contributed by atoms with Gasteiger partial charge in [-0.25, -0.2) is 19.0 Å². The summed E-state index contributed by atoms with van der Waals surface area (Å²) in [4.78, 5) is 39.9. The van der Waals surface area contributed by atoms with Crippen LogP contribution in [0.1, 0.15) is 159 Å². The van der Waals surface area contributed by atoms with Gasteiger partial charge in [-0.2, -0.15) is 20.4 Å². The topological polar surface area (TPSA) is 214 Å². The molecule has 0 bridgehead atoms. The van der Waals surface area contributed by atoms with E-state index in [9.17, 15) is 19.5 Å². The van der Waals surface area contributed by atoms with Crippen LogP contribution in [0.5, 0.6) is 11.5 Å². The highest BCUT2D eigenvalue weighted by Gasteiger charge is 2.57. The van der Waals surface area contributed by atoms with Crippen molar-refractivity contribution in [1.82, 2.24) is 48.9 Å². The molecule has 4 aromatic heterocycles. The second-order valence-electron chi connectivity index (χ2n) is 28.6. The number of aliphatic hydroxyl groups is 1. The van der Waals surface area contributed by atoms with E-state index >= 15 is 0 Å². The number of ether oxygens (including phenoxy) is 7. The zero-order valence-corrected chi connectivity index (χ0v) is 58.8. The first-order valence-electron chi connectivity index (χ1n) is 34.5. The van der Waals surface area contributed by atoms with Crippen molar-refractivity contribution in [2.45, 2.75) is 170 Å². The Kier molecular flexibility index (Phi) is 19.5. The lowest BCUT2D eigenvalue weighted by Crippen LogP contribution is -2.64. The summed E-state index contributed by atoms with van der Waals surface area (Å²) in [5, 5.41) is 32.8. The molecule has 4 aromatic carbocycles. The molecule has 0 radical (unpaired) electrons. The Labute approximate surface area is 576 Å². The molecule has 8 heterocycles. The molecule has 516 valence electrons. The lowest BCUT2D eigenvalue weighted by Gasteiger charge is -2.58. The number of aliphatic hydroxyl groups excluding tert-OH is 1. The molecule has 4 aliphatic heterocycles. The number of aromatic nitrogens is 8. The summed E-state index contributed by atoms with van der Waals surface area (Å²) in [5.41, 5.74) is 13.1. The first kappa shape index (κ1) is 67.9. The molecule has 4 saturated heterocycles. The summed E-state index contributed by atoms with van der Waals surface area (Å²) < 4.78 is 48.2. The Balaban J connectivity index is 0.000000175.